The zero-order valence-corrected chi connectivity index (χ0v) is 18.4. The Morgan fingerprint density at radius 1 is 1.00 bits per heavy atom. The Bertz CT molecular complexity index is 694. The van der Waals surface area contributed by atoms with Gasteiger partial charge in [-0.25, -0.2) is 4.79 Å². The van der Waals surface area contributed by atoms with Gasteiger partial charge in [-0.1, -0.05) is 0 Å². The summed E-state index contributed by atoms with van der Waals surface area (Å²) in [5.74, 6) is -5.27. The number of amides is 1. The van der Waals surface area contributed by atoms with Crippen molar-refractivity contribution in [2.75, 3.05) is 20.8 Å². The molecule has 12 heteroatoms. The third-order valence-corrected chi connectivity index (χ3v) is 4.48. The fourth-order valence-electron chi connectivity index (χ4n) is 3.28. The van der Waals surface area contributed by atoms with Gasteiger partial charge in [0.1, 0.15) is 12.7 Å². The number of hydrogen-bond donors (Lipinski definition) is 1. The molecule has 1 amide bonds. The highest BCUT2D eigenvalue weighted by Gasteiger charge is 2.54. The zero-order chi connectivity index (χ0) is 23.8. The maximum absolute atomic E-state index is 12.4. The lowest BCUT2D eigenvalue weighted by Crippen LogP contribution is -2.64. The number of carbonyl (C=O) groups is 5. The molecule has 1 saturated heterocycles. The molecule has 0 bridgehead atoms. The van der Waals surface area contributed by atoms with E-state index in [1.165, 1.54) is 14.0 Å². The van der Waals surface area contributed by atoms with Crippen molar-refractivity contribution >= 4 is 29.8 Å². The van der Waals surface area contributed by atoms with E-state index in [1.54, 1.807) is 0 Å². The second-order valence-electron chi connectivity index (χ2n) is 6.90. The lowest BCUT2D eigenvalue weighted by molar-refractivity contribution is -0.292. The van der Waals surface area contributed by atoms with Crippen molar-refractivity contribution in [2.45, 2.75) is 70.7 Å². The van der Waals surface area contributed by atoms with Crippen molar-refractivity contribution in [3.63, 3.8) is 0 Å². The van der Waals surface area contributed by atoms with Crippen LogP contribution in [0.25, 0.3) is 0 Å². The van der Waals surface area contributed by atoms with Crippen LogP contribution in [0.15, 0.2) is 0 Å². The number of rotatable bonds is 9. The lowest BCUT2D eigenvalue weighted by atomic mass is 9.90. The maximum atomic E-state index is 12.4. The molecule has 1 N–H and O–H groups in total. The Kier molecular flexibility index (Phi) is 9.85. The third kappa shape index (κ3) is 7.47. The van der Waals surface area contributed by atoms with Gasteiger partial charge in [-0.15, -0.1) is 0 Å². The summed E-state index contributed by atoms with van der Waals surface area (Å²) in [6.07, 6.45) is -3.69. The summed E-state index contributed by atoms with van der Waals surface area (Å²) < 4.78 is 31.5. The molecule has 1 aliphatic heterocycles. The molecule has 0 aromatic heterocycles. The van der Waals surface area contributed by atoms with Crippen LogP contribution in [0.3, 0.4) is 0 Å². The average molecular weight is 447 g/mol. The minimum Gasteiger partial charge on any atom is -0.465 e. The maximum Gasteiger partial charge on any atom is 0.366 e. The summed E-state index contributed by atoms with van der Waals surface area (Å²) in [6.45, 7) is 4.20. The van der Waals surface area contributed by atoms with Gasteiger partial charge in [0.05, 0.1) is 13.2 Å². The van der Waals surface area contributed by atoms with Crippen molar-refractivity contribution in [1.82, 2.24) is 5.32 Å². The topological polar surface area (TPSA) is 153 Å². The summed E-state index contributed by atoms with van der Waals surface area (Å²) in [7, 11) is 2.38. The van der Waals surface area contributed by atoms with Crippen molar-refractivity contribution in [1.29, 1.82) is 0 Å². The molecule has 0 aliphatic carbocycles. The smallest absolute Gasteiger partial charge is 0.366 e. The Hall–Kier alpha value is -2.73. The number of esters is 4. The van der Waals surface area contributed by atoms with Gasteiger partial charge < -0.3 is 33.7 Å². The van der Waals surface area contributed by atoms with Crippen LogP contribution in [-0.4, -0.2) is 80.8 Å². The second-order valence-corrected chi connectivity index (χ2v) is 6.90. The number of methoxy groups -OCH3 is 2. The van der Waals surface area contributed by atoms with Gasteiger partial charge in [-0.05, 0) is 6.42 Å². The highest BCUT2D eigenvalue weighted by molar-refractivity contribution is 5.78. The first kappa shape index (κ1) is 26.3. The molecule has 1 heterocycles. The van der Waals surface area contributed by atoms with Crippen LogP contribution >= 0.6 is 0 Å². The van der Waals surface area contributed by atoms with E-state index in [-0.39, 0.29) is 12.8 Å². The summed E-state index contributed by atoms with van der Waals surface area (Å²) in [6, 6.07) is -0.759. The Labute approximate surface area is 179 Å². The van der Waals surface area contributed by atoms with Crippen molar-refractivity contribution in [3.05, 3.63) is 0 Å². The summed E-state index contributed by atoms with van der Waals surface area (Å²) in [4.78, 5) is 58.9. The molecule has 1 rings (SSSR count). The van der Waals surface area contributed by atoms with E-state index in [0.717, 1.165) is 27.9 Å². The molecule has 0 unspecified atom stereocenters. The molecule has 5 atom stereocenters. The SMILES string of the molecule is COC(=O)[C@]1(OC)CC[C@@H](NC(C)=O)[C@H]([C@@H](OC(C)=O)[C@@H](COC(C)=O)OC(C)=O)O1. The molecule has 0 aromatic rings. The van der Waals surface area contributed by atoms with Gasteiger partial charge >= 0.3 is 23.9 Å². The predicted octanol–water partition coefficient (Wildman–Crippen LogP) is -0.388. The molecule has 1 aliphatic rings. The van der Waals surface area contributed by atoms with Crippen LogP contribution in [0, 0.1) is 0 Å². The molecule has 176 valence electrons. The minimum atomic E-state index is -1.85. The highest BCUT2D eigenvalue weighted by Crippen LogP contribution is 2.34. The Balaban J connectivity index is 3.43. The van der Waals surface area contributed by atoms with Crippen LogP contribution in [0.4, 0.5) is 0 Å². The summed E-state index contributed by atoms with van der Waals surface area (Å²) in [5.41, 5.74) is 0. The second kappa shape index (κ2) is 11.6. The fraction of sp³-hybridized carbons (Fsp3) is 0.737. The number of hydrogen-bond acceptors (Lipinski definition) is 11. The van der Waals surface area contributed by atoms with Crippen LogP contribution in [0.2, 0.25) is 0 Å². The van der Waals surface area contributed by atoms with E-state index in [0.29, 0.717) is 0 Å². The molecule has 0 aromatic carbocycles. The highest BCUT2D eigenvalue weighted by atomic mass is 16.7. The van der Waals surface area contributed by atoms with Gasteiger partial charge in [0.15, 0.2) is 12.2 Å². The molecular weight excluding hydrogens is 418 g/mol. The van der Waals surface area contributed by atoms with Crippen molar-refractivity contribution in [2.24, 2.45) is 0 Å². The largest absolute Gasteiger partial charge is 0.465 e. The lowest BCUT2D eigenvalue weighted by Gasteiger charge is -2.45. The van der Waals surface area contributed by atoms with E-state index in [1.807, 2.05) is 0 Å². The first-order chi connectivity index (χ1) is 14.5. The minimum absolute atomic E-state index is 0.0204. The standard InChI is InChI=1S/C19H29NO11/c1-10(21)20-14-7-8-19(27-6,18(25)26-5)31-16(14)17(30-13(4)24)15(29-12(3)23)9-28-11(2)22/h14-17H,7-9H2,1-6H3,(H,20,21)/t14-,15-,16-,17+,19+/m1/s1. The first-order valence-corrected chi connectivity index (χ1v) is 9.52. The third-order valence-electron chi connectivity index (χ3n) is 4.48. The predicted molar refractivity (Wildman–Crippen MR) is 101 cm³/mol. The normalized spacial score (nSPS) is 24.8. The molecule has 0 saturated carbocycles. The zero-order valence-electron chi connectivity index (χ0n) is 18.4. The number of ether oxygens (including phenoxy) is 6. The fourth-order valence-corrected chi connectivity index (χ4v) is 3.28. The van der Waals surface area contributed by atoms with Crippen LogP contribution in [0.5, 0.6) is 0 Å². The van der Waals surface area contributed by atoms with E-state index in [9.17, 15) is 24.0 Å². The molecule has 12 nitrogen and oxygen atoms in total. The van der Waals surface area contributed by atoms with Gasteiger partial charge in [-0.2, -0.15) is 0 Å². The molecular formula is C19H29NO11. The number of carbonyl (C=O) groups excluding carboxylic acids is 5. The van der Waals surface area contributed by atoms with E-state index < -0.39 is 66.5 Å². The van der Waals surface area contributed by atoms with Crippen molar-refractivity contribution in [3.8, 4) is 0 Å². The van der Waals surface area contributed by atoms with Gasteiger partial charge in [-0.3, -0.25) is 19.2 Å². The van der Waals surface area contributed by atoms with E-state index in [4.69, 9.17) is 28.4 Å². The summed E-state index contributed by atoms with van der Waals surface area (Å²) in [5, 5.41) is 2.67. The molecule has 1 fully saturated rings. The number of nitrogens with one attached hydrogen (secondary N) is 1. The van der Waals surface area contributed by atoms with Gasteiger partial charge in [0.25, 0.3) is 5.79 Å². The van der Waals surface area contributed by atoms with Crippen molar-refractivity contribution < 1.29 is 52.4 Å². The van der Waals surface area contributed by atoms with E-state index in [2.05, 4.69) is 5.32 Å². The van der Waals surface area contributed by atoms with Gasteiger partial charge in [0.2, 0.25) is 5.91 Å². The quantitative estimate of drug-likeness (QED) is 0.363. The van der Waals surface area contributed by atoms with Crippen LogP contribution in [0.1, 0.15) is 40.5 Å². The van der Waals surface area contributed by atoms with Gasteiger partial charge in [0, 0.05) is 41.2 Å². The first-order valence-electron chi connectivity index (χ1n) is 9.52. The molecule has 0 spiro atoms. The summed E-state index contributed by atoms with van der Waals surface area (Å²) >= 11 is 0. The average Bonchev–Trinajstić information content (AvgIpc) is 2.68. The molecule has 0 radical (unpaired) electrons. The van der Waals surface area contributed by atoms with Crippen LogP contribution in [-0.2, 0) is 52.4 Å². The van der Waals surface area contributed by atoms with Crippen LogP contribution < -0.4 is 5.32 Å². The Morgan fingerprint density at radius 3 is 2.06 bits per heavy atom. The molecule has 31 heavy (non-hydrogen) atoms. The Morgan fingerprint density at radius 2 is 1.61 bits per heavy atom. The monoisotopic (exact) mass is 447 g/mol. The van der Waals surface area contributed by atoms with E-state index >= 15 is 0 Å².